The van der Waals surface area contributed by atoms with Gasteiger partial charge < -0.3 is 9.84 Å². The monoisotopic (exact) mass is 468 g/mol. The molecular weight excluding hydrogens is 439 g/mol. The maximum Gasteiger partial charge on any atom is 0.241 e. The topological polar surface area (TPSA) is 71.3 Å². The molecule has 1 atom stereocenters. The van der Waals surface area contributed by atoms with Crippen LogP contribution in [-0.4, -0.2) is 46.3 Å². The highest BCUT2D eigenvalue weighted by Crippen LogP contribution is 2.21. The van der Waals surface area contributed by atoms with Crippen molar-refractivity contribution >= 4 is 17.7 Å². The minimum absolute atomic E-state index is 0.0468. The largest absolute Gasteiger partial charge is 0.355 e. The second-order valence-corrected chi connectivity index (χ2v) is 9.50. The van der Waals surface area contributed by atoms with Crippen molar-refractivity contribution in [3.63, 3.8) is 0 Å². The molecule has 0 spiro atoms. The Morgan fingerprint density at radius 3 is 3.00 bits per heavy atom. The fraction of sp³-hybridized carbons (Fsp3) is 0.400. The number of rotatable bonds is 9. The molecule has 1 amide bonds. The standard InChI is InChI=1S/C25H29FN4O2S/c1-18-6-4-8-19(14-18)24-28-23(32-29-24)16-30-12-5-9-20(15-30)25(31)27-11-13-33-17-21-7-2-3-10-22(21)26/h2-4,6-8,10,14,20H,5,9,11-13,15-17H2,1H3,(H,27,31). The van der Waals surface area contributed by atoms with E-state index in [1.54, 1.807) is 23.9 Å². The molecule has 1 fully saturated rings. The average molecular weight is 469 g/mol. The van der Waals surface area contributed by atoms with Gasteiger partial charge in [-0.25, -0.2) is 4.39 Å². The Labute approximate surface area is 197 Å². The number of carbonyl (C=O) groups is 1. The molecule has 0 aliphatic carbocycles. The summed E-state index contributed by atoms with van der Waals surface area (Å²) >= 11 is 1.62. The number of hydrogen-bond donors (Lipinski definition) is 1. The fourth-order valence-electron chi connectivity index (χ4n) is 4.01. The second-order valence-electron chi connectivity index (χ2n) is 8.39. The second kappa shape index (κ2) is 11.4. The van der Waals surface area contributed by atoms with Crippen molar-refractivity contribution in [1.82, 2.24) is 20.4 Å². The Hall–Kier alpha value is -2.71. The zero-order valence-electron chi connectivity index (χ0n) is 18.8. The van der Waals surface area contributed by atoms with Crippen LogP contribution >= 0.6 is 11.8 Å². The first-order valence-electron chi connectivity index (χ1n) is 11.3. The molecule has 8 heteroatoms. The smallest absolute Gasteiger partial charge is 0.241 e. The van der Waals surface area contributed by atoms with E-state index in [-0.39, 0.29) is 17.6 Å². The van der Waals surface area contributed by atoms with E-state index in [4.69, 9.17) is 4.52 Å². The Balaban J connectivity index is 1.20. The molecule has 2 aromatic carbocycles. The van der Waals surface area contributed by atoms with E-state index in [1.165, 1.54) is 6.07 Å². The zero-order valence-corrected chi connectivity index (χ0v) is 19.6. The van der Waals surface area contributed by atoms with E-state index in [2.05, 4.69) is 20.4 Å². The summed E-state index contributed by atoms with van der Waals surface area (Å²) in [7, 11) is 0. The minimum atomic E-state index is -0.177. The molecule has 1 N–H and O–H groups in total. The highest BCUT2D eigenvalue weighted by atomic mass is 32.2. The highest BCUT2D eigenvalue weighted by Gasteiger charge is 2.26. The number of thioether (sulfide) groups is 1. The third-order valence-electron chi connectivity index (χ3n) is 5.74. The van der Waals surface area contributed by atoms with Crippen molar-refractivity contribution in [3.8, 4) is 11.4 Å². The van der Waals surface area contributed by atoms with Crippen LogP contribution in [0, 0.1) is 18.7 Å². The number of aromatic nitrogens is 2. The molecule has 6 nitrogen and oxygen atoms in total. The van der Waals surface area contributed by atoms with Gasteiger partial charge in [0, 0.05) is 30.2 Å². The minimum Gasteiger partial charge on any atom is -0.355 e. The summed E-state index contributed by atoms with van der Waals surface area (Å²) in [5, 5.41) is 7.15. The summed E-state index contributed by atoms with van der Waals surface area (Å²) in [6.45, 7) is 4.74. The molecular formula is C25H29FN4O2S. The van der Waals surface area contributed by atoms with Crippen LogP contribution < -0.4 is 5.32 Å². The number of benzene rings is 2. The van der Waals surface area contributed by atoms with E-state index in [1.807, 2.05) is 37.3 Å². The molecule has 174 valence electrons. The van der Waals surface area contributed by atoms with Crippen LogP contribution in [0.1, 0.15) is 29.9 Å². The van der Waals surface area contributed by atoms with Gasteiger partial charge in [-0.05, 0) is 44.0 Å². The lowest BCUT2D eigenvalue weighted by molar-refractivity contribution is -0.126. The first-order chi connectivity index (χ1) is 16.1. The summed E-state index contributed by atoms with van der Waals surface area (Å²) in [5.41, 5.74) is 2.78. The first kappa shape index (κ1) is 23.4. The SMILES string of the molecule is Cc1cccc(-c2noc(CN3CCCC(C(=O)NCCSCc4ccccc4F)C3)n2)c1. The zero-order chi connectivity index (χ0) is 23.0. The van der Waals surface area contributed by atoms with Gasteiger partial charge in [0.2, 0.25) is 17.6 Å². The lowest BCUT2D eigenvalue weighted by Crippen LogP contribution is -2.43. The van der Waals surface area contributed by atoms with Gasteiger partial charge in [-0.15, -0.1) is 0 Å². The normalized spacial score (nSPS) is 16.6. The van der Waals surface area contributed by atoms with E-state index >= 15 is 0 Å². The molecule has 1 aromatic heterocycles. The van der Waals surface area contributed by atoms with Crippen molar-refractivity contribution in [2.45, 2.75) is 32.1 Å². The molecule has 4 rings (SSSR count). The van der Waals surface area contributed by atoms with E-state index in [0.717, 1.165) is 36.3 Å². The molecule has 0 bridgehead atoms. The average Bonchev–Trinajstić information content (AvgIpc) is 3.28. The number of halogens is 1. The number of likely N-dealkylation sites (tertiary alicyclic amines) is 1. The number of carbonyl (C=O) groups excluding carboxylic acids is 1. The Kier molecular flexibility index (Phi) is 8.12. The molecule has 1 aliphatic rings. The fourth-order valence-corrected chi connectivity index (χ4v) is 4.86. The van der Waals surface area contributed by atoms with Crippen LogP contribution in [0.2, 0.25) is 0 Å². The van der Waals surface area contributed by atoms with Gasteiger partial charge in [-0.3, -0.25) is 9.69 Å². The summed E-state index contributed by atoms with van der Waals surface area (Å²) in [6, 6.07) is 14.8. The molecule has 3 aromatic rings. The lowest BCUT2D eigenvalue weighted by atomic mass is 9.97. The van der Waals surface area contributed by atoms with Crippen molar-refractivity contribution < 1.29 is 13.7 Å². The van der Waals surface area contributed by atoms with Crippen LogP contribution in [0.5, 0.6) is 0 Å². The van der Waals surface area contributed by atoms with Crippen molar-refractivity contribution in [1.29, 1.82) is 0 Å². The van der Waals surface area contributed by atoms with Gasteiger partial charge in [0.15, 0.2) is 0 Å². The van der Waals surface area contributed by atoms with Gasteiger partial charge in [0.25, 0.3) is 0 Å². The molecule has 0 saturated carbocycles. The van der Waals surface area contributed by atoms with Crippen LogP contribution in [0.4, 0.5) is 4.39 Å². The number of aryl methyl sites for hydroxylation is 1. The Bertz CT molecular complexity index is 1070. The van der Waals surface area contributed by atoms with Crippen LogP contribution in [0.3, 0.4) is 0 Å². The van der Waals surface area contributed by atoms with E-state index in [0.29, 0.717) is 42.7 Å². The molecule has 0 radical (unpaired) electrons. The van der Waals surface area contributed by atoms with Gasteiger partial charge in [-0.2, -0.15) is 16.7 Å². The van der Waals surface area contributed by atoms with Crippen molar-refractivity contribution in [2.75, 3.05) is 25.4 Å². The van der Waals surface area contributed by atoms with E-state index < -0.39 is 0 Å². The molecule has 1 saturated heterocycles. The van der Waals surface area contributed by atoms with Crippen LogP contribution in [0.25, 0.3) is 11.4 Å². The van der Waals surface area contributed by atoms with Gasteiger partial charge >= 0.3 is 0 Å². The predicted octanol–water partition coefficient (Wildman–Crippen LogP) is 4.45. The number of nitrogens with zero attached hydrogens (tertiary/aromatic N) is 3. The number of amides is 1. The Morgan fingerprint density at radius 1 is 1.27 bits per heavy atom. The maximum absolute atomic E-state index is 13.7. The predicted molar refractivity (Wildman–Crippen MR) is 128 cm³/mol. The highest BCUT2D eigenvalue weighted by molar-refractivity contribution is 7.98. The lowest BCUT2D eigenvalue weighted by Gasteiger charge is -2.30. The summed E-state index contributed by atoms with van der Waals surface area (Å²) in [4.78, 5) is 19.4. The molecule has 1 aliphatic heterocycles. The number of piperidine rings is 1. The number of nitrogens with one attached hydrogen (secondary N) is 1. The number of hydrogen-bond acceptors (Lipinski definition) is 6. The van der Waals surface area contributed by atoms with Gasteiger partial charge in [-0.1, -0.05) is 47.1 Å². The van der Waals surface area contributed by atoms with Gasteiger partial charge in [0.05, 0.1) is 12.5 Å². The summed E-state index contributed by atoms with van der Waals surface area (Å²) in [5.74, 6) is 2.37. The van der Waals surface area contributed by atoms with Crippen molar-refractivity contribution in [2.24, 2.45) is 5.92 Å². The maximum atomic E-state index is 13.7. The Morgan fingerprint density at radius 2 is 2.15 bits per heavy atom. The summed E-state index contributed by atoms with van der Waals surface area (Å²) in [6.07, 6.45) is 1.84. The first-order valence-corrected chi connectivity index (χ1v) is 12.4. The molecule has 1 unspecified atom stereocenters. The third-order valence-corrected chi connectivity index (χ3v) is 6.75. The van der Waals surface area contributed by atoms with E-state index in [9.17, 15) is 9.18 Å². The van der Waals surface area contributed by atoms with Gasteiger partial charge in [0.1, 0.15) is 5.82 Å². The third kappa shape index (κ3) is 6.65. The van der Waals surface area contributed by atoms with Crippen LogP contribution in [0.15, 0.2) is 53.1 Å². The summed E-state index contributed by atoms with van der Waals surface area (Å²) < 4.78 is 19.1. The van der Waals surface area contributed by atoms with Crippen LogP contribution in [-0.2, 0) is 17.1 Å². The van der Waals surface area contributed by atoms with Crippen molar-refractivity contribution in [3.05, 3.63) is 71.4 Å². The molecule has 33 heavy (non-hydrogen) atoms. The molecule has 2 heterocycles. The quantitative estimate of drug-likeness (QED) is 0.468.